The first-order valence-corrected chi connectivity index (χ1v) is 2.37. The second-order valence-corrected chi connectivity index (χ2v) is 1.65. The van der Waals surface area contributed by atoms with Crippen molar-refractivity contribution < 1.29 is 4.39 Å². The number of rotatable bonds is 1. The quantitative estimate of drug-likeness (QED) is 0.535. The Morgan fingerprint density at radius 3 is 2.88 bits per heavy atom. The summed E-state index contributed by atoms with van der Waals surface area (Å²) >= 11 is 0. The molecule has 0 aliphatic heterocycles. The Bertz CT molecular complexity index is 171. The van der Waals surface area contributed by atoms with E-state index < -0.39 is 6.80 Å². The molecule has 0 saturated heterocycles. The zero-order valence-corrected chi connectivity index (χ0v) is 4.63. The van der Waals surface area contributed by atoms with Crippen molar-refractivity contribution in [3.63, 3.8) is 0 Å². The first-order chi connectivity index (χ1) is 3.83. The Morgan fingerprint density at radius 1 is 1.88 bits per heavy atom. The van der Waals surface area contributed by atoms with Gasteiger partial charge in [-0.2, -0.15) is 0 Å². The summed E-state index contributed by atoms with van der Waals surface area (Å²) in [6.45, 7) is 1.34. The molecule has 3 heteroatoms. The van der Waals surface area contributed by atoms with Gasteiger partial charge < -0.3 is 4.57 Å². The van der Waals surface area contributed by atoms with Gasteiger partial charge in [0.15, 0.2) is 6.80 Å². The van der Waals surface area contributed by atoms with Crippen LogP contribution in [0.1, 0.15) is 5.69 Å². The molecule has 0 N–H and O–H groups in total. The number of hydrogen-bond donors (Lipinski definition) is 0. The Labute approximate surface area is 47.0 Å². The summed E-state index contributed by atoms with van der Waals surface area (Å²) in [5, 5.41) is 0. The predicted octanol–water partition coefficient (Wildman–Crippen LogP) is 1.12. The maximum atomic E-state index is 11.7. The van der Waals surface area contributed by atoms with Crippen LogP contribution in [0.25, 0.3) is 0 Å². The molecule has 0 amide bonds. The molecule has 1 aromatic rings. The van der Waals surface area contributed by atoms with Crippen LogP contribution in [-0.4, -0.2) is 9.55 Å². The highest BCUT2D eigenvalue weighted by molar-refractivity contribution is 4.91. The molecule has 0 bridgehead atoms. The van der Waals surface area contributed by atoms with E-state index in [1.807, 2.05) is 6.92 Å². The lowest BCUT2D eigenvalue weighted by atomic mass is 10.6. The third-order valence-electron chi connectivity index (χ3n) is 0.900. The fourth-order valence-corrected chi connectivity index (χ4v) is 0.537. The Morgan fingerprint density at radius 2 is 2.62 bits per heavy atom. The van der Waals surface area contributed by atoms with E-state index in [-0.39, 0.29) is 0 Å². The van der Waals surface area contributed by atoms with Gasteiger partial charge >= 0.3 is 0 Å². The molecular formula is C5H7FN2. The van der Waals surface area contributed by atoms with Gasteiger partial charge in [-0.1, -0.05) is 0 Å². The summed E-state index contributed by atoms with van der Waals surface area (Å²) in [5.74, 6) is 0. The van der Waals surface area contributed by atoms with Gasteiger partial charge in [0.25, 0.3) is 0 Å². The minimum Gasteiger partial charge on any atom is -0.309 e. The third kappa shape index (κ3) is 0.857. The van der Waals surface area contributed by atoms with E-state index in [1.165, 1.54) is 10.9 Å². The Hall–Kier alpha value is -0.860. The highest BCUT2D eigenvalue weighted by Crippen LogP contribution is 1.91. The van der Waals surface area contributed by atoms with E-state index in [2.05, 4.69) is 4.98 Å². The molecule has 0 aliphatic carbocycles. The van der Waals surface area contributed by atoms with Crippen molar-refractivity contribution in [2.75, 3.05) is 0 Å². The maximum Gasteiger partial charge on any atom is 0.166 e. The van der Waals surface area contributed by atoms with Crippen LogP contribution >= 0.6 is 0 Å². The summed E-state index contributed by atoms with van der Waals surface area (Å²) in [5.41, 5.74) is 0.850. The van der Waals surface area contributed by atoms with Crippen LogP contribution in [0.3, 0.4) is 0 Å². The van der Waals surface area contributed by atoms with Crippen LogP contribution in [-0.2, 0) is 6.80 Å². The van der Waals surface area contributed by atoms with Crippen molar-refractivity contribution in [1.82, 2.24) is 9.55 Å². The Balaban J connectivity index is 2.84. The van der Waals surface area contributed by atoms with E-state index in [9.17, 15) is 4.39 Å². The number of nitrogens with zero attached hydrogens (tertiary/aromatic N) is 2. The van der Waals surface area contributed by atoms with Crippen LogP contribution in [0.5, 0.6) is 0 Å². The van der Waals surface area contributed by atoms with E-state index in [1.54, 1.807) is 6.20 Å². The molecular weight excluding hydrogens is 107 g/mol. The molecule has 0 saturated carbocycles. The molecule has 0 unspecified atom stereocenters. The summed E-state index contributed by atoms with van der Waals surface area (Å²) in [4.78, 5) is 3.81. The fraction of sp³-hybridized carbons (Fsp3) is 0.400. The molecule has 0 atom stereocenters. The second-order valence-electron chi connectivity index (χ2n) is 1.65. The molecule has 8 heavy (non-hydrogen) atoms. The monoisotopic (exact) mass is 114 g/mol. The van der Waals surface area contributed by atoms with Gasteiger partial charge in [0, 0.05) is 6.20 Å². The van der Waals surface area contributed by atoms with Gasteiger partial charge in [0.1, 0.15) is 0 Å². The summed E-state index contributed by atoms with van der Waals surface area (Å²) in [6, 6.07) is 0. The summed E-state index contributed by atoms with van der Waals surface area (Å²) in [6.07, 6.45) is 3.12. The average molecular weight is 114 g/mol. The lowest BCUT2D eigenvalue weighted by Crippen LogP contribution is -1.84. The lowest BCUT2D eigenvalue weighted by molar-refractivity contribution is 0.377. The predicted molar refractivity (Wildman–Crippen MR) is 28.1 cm³/mol. The highest BCUT2D eigenvalue weighted by atomic mass is 19.1. The van der Waals surface area contributed by atoms with Gasteiger partial charge in [-0.05, 0) is 6.92 Å². The molecule has 0 aliphatic rings. The molecule has 0 aromatic carbocycles. The number of imidazole rings is 1. The zero-order valence-electron chi connectivity index (χ0n) is 4.63. The van der Waals surface area contributed by atoms with Crippen LogP contribution in [0, 0.1) is 6.92 Å². The van der Waals surface area contributed by atoms with Crippen LogP contribution < -0.4 is 0 Å². The minimum atomic E-state index is -0.485. The number of hydrogen-bond acceptors (Lipinski definition) is 1. The van der Waals surface area contributed by atoms with Gasteiger partial charge in [-0.3, -0.25) is 0 Å². The largest absolute Gasteiger partial charge is 0.309 e. The van der Waals surface area contributed by atoms with E-state index in [4.69, 9.17) is 0 Å². The van der Waals surface area contributed by atoms with Crippen molar-refractivity contribution in [1.29, 1.82) is 0 Å². The van der Waals surface area contributed by atoms with Crippen molar-refractivity contribution in [2.45, 2.75) is 13.7 Å². The molecule has 44 valence electrons. The van der Waals surface area contributed by atoms with Gasteiger partial charge in [-0.15, -0.1) is 0 Å². The van der Waals surface area contributed by atoms with Crippen molar-refractivity contribution in [3.05, 3.63) is 18.2 Å². The van der Waals surface area contributed by atoms with Gasteiger partial charge in [-0.25, -0.2) is 9.37 Å². The Kier molecular flexibility index (Phi) is 1.28. The maximum absolute atomic E-state index is 11.7. The molecule has 1 rings (SSSR count). The van der Waals surface area contributed by atoms with E-state index in [0.29, 0.717) is 0 Å². The molecule has 0 spiro atoms. The fourth-order valence-electron chi connectivity index (χ4n) is 0.537. The van der Waals surface area contributed by atoms with Crippen molar-refractivity contribution >= 4 is 0 Å². The van der Waals surface area contributed by atoms with Crippen LogP contribution in [0.4, 0.5) is 4.39 Å². The second kappa shape index (κ2) is 1.94. The topological polar surface area (TPSA) is 17.8 Å². The number of aryl methyl sites for hydroxylation is 1. The average Bonchev–Trinajstić information content (AvgIpc) is 2.14. The van der Waals surface area contributed by atoms with Crippen LogP contribution in [0.15, 0.2) is 12.5 Å². The number of aromatic nitrogens is 2. The van der Waals surface area contributed by atoms with Gasteiger partial charge in [0.2, 0.25) is 0 Å². The molecule has 2 nitrogen and oxygen atoms in total. The molecule has 0 radical (unpaired) electrons. The van der Waals surface area contributed by atoms with Crippen molar-refractivity contribution in [2.24, 2.45) is 0 Å². The molecule has 1 aromatic heterocycles. The van der Waals surface area contributed by atoms with E-state index >= 15 is 0 Å². The number of halogens is 1. The normalized spacial score (nSPS) is 9.75. The van der Waals surface area contributed by atoms with Crippen LogP contribution in [0.2, 0.25) is 0 Å². The number of alkyl halides is 1. The van der Waals surface area contributed by atoms with E-state index in [0.717, 1.165) is 5.69 Å². The first kappa shape index (κ1) is 5.28. The summed E-state index contributed by atoms with van der Waals surface area (Å²) < 4.78 is 13.0. The first-order valence-electron chi connectivity index (χ1n) is 2.37. The lowest BCUT2D eigenvalue weighted by Gasteiger charge is -1.85. The summed E-state index contributed by atoms with van der Waals surface area (Å²) in [7, 11) is 0. The smallest absolute Gasteiger partial charge is 0.166 e. The minimum absolute atomic E-state index is 0.485. The third-order valence-corrected chi connectivity index (χ3v) is 0.900. The SMILES string of the molecule is Cc1cn(CF)cn1. The zero-order chi connectivity index (χ0) is 5.98. The molecule has 1 heterocycles. The molecule has 0 fully saturated rings. The highest BCUT2D eigenvalue weighted by Gasteiger charge is 1.87. The van der Waals surface area contributed by atoms with Gasteiger partial charge in [0.05, 0.1) is 12.0 Å². The standard InChI is InChI=1S/C5H7FN2/c1-5-2-8(3-6)4-7-5/h2,4H,3H2,1H3. The van der Waals surface area contributed by atoms with Crippen molar-refractivity contribution in [3.8, 4) is 0 Å².